The van der Waals surface area contributed by atoms with Gasteiger partial charge in [-0.05, 0) is 24.3 Å². The summed E-state index contributed by atoms with van der Waals surface area (Å²) in [4.78, 5) is 24.4. The van der Waals surface area contributed by atoms with E-state index in [9.17, 15) is 18.0 Å². The Bertz CT molecular complexity index is 1020. The van der Waals surface area contributed by atoms with Crippen LogP contribution in [0.5, 0.6) is 0 Å². The quantitative estimate of drug-likeness (QED) is 0.684. The monoisotopic (exact) mass is 402 g/mol. The molecule has 2 amide bonds. The van der Waals surface area contributed by atoms with Crippen molar-refractivity contribution in [1.82, 2.24) is 19.4 Å². The summed E-state index contributed by atoms with van der Waals surface area (Å²) in [6.07, 6.45) is 5.24. The first kappa shape index (κ1) is 18.8. The summed E-state index contributed by atoms with van der Waals surface area (Å²) < 4.78 is 42.0. The topological polar surface area (TPSA) is 66.3 Å². The van der Waals surface area contributed by atoms with Crippen LogP contribution in [0.1, 0.15) is 0 Å². The second-order valence-electron chi connectivity index (χ2n) is 6.45. The highest BCUT2D eigenvalue weighted by atomic mass is 19.2. The normalized spacial score (nSPS) is 14.2. The van der Waals surface area contributed by atoms with Gasteiger partial charge in [0.1, 0.15) is 18.0 Å². The predicted octanol–water partition coefficient (Wildman–Crippen LogP) is 3.04. The lowest BCUT2D eigenvalue weighted by Crippen LogP contribution is -2.50. The zero-order valence-corrected chi connectivity index (χ0v) is 15.2. The molecule has 1 fully saturated rings. The van der Waals surface area contributed by atoms with Crippen molar-refractivity contribution in [2.45, 2.75) is 0 Å². The number of halogens is 3. The van der Waals surface area contributed by atoms with Gasteiger partial charge in [-0.25, -0.2) is 27.9 Å². The summed E-state index contributed by atoms with van der Waals surface area (Å²) in [5, 5.41) is 2.29. The van der Waals surface area contributed by atoms with Crippen molar-refractivity contribution in [2.24, 2.45) is 0 Å². The first-order valence-electron chi connectivity index (χ1n) is 8.92. The van der Waals surface area contributed by atoms with Crippen molar-refractivity contribution in [2.75, 3.05) is 36.4 Å². The van der Waals surface area contributed by atoms with Crippen LogP contribution in [0, 0.1) is 17.5 Å². The maximum absolute atomic E-state index is 13.8. The highest BCUT2D eigenvalue weighted by Crippen LogP contribution is 2.21. The van der Waals surface area contributed by atoms with E-state index in [1.165, 1.54) is 11.2 Å². The second-order valence-corrected chi connectivity index (χ2v) is 6.45. The van der Waals surface area contributed by atoms with Crippen LogP contribution in [-0.2, 0) is 0 Å². The molecular weight excluding hydrogens is 385 g/mol. The maximum Gasteiger partial charge on any atom is 0.322 e. The van der Waals surface area contributed by atoms with Crippen molar-refractivity contribution in [1.29, 1.82) is 0 Å². The molecule has 0 unspecified atom stereocenters. The maximum atomic E-state index is 13.8. The number of nitrogens with one attached hydrogen (secondary N) is 1. The zero-order valence-electron chi connectivity index (χ0n) is 15.2. The fraction of sp³-hybridized carbons (Fsp3) is 0.211. The lowest BCUT2D eigenvalue weighted by molar-refractivity contribution is 0.208. The molecule has 7 nitrogen and oxygen atoms in total. The van der Waals surface area contributed by atoms with Crippen molar-refractivity contribution in [3.8, 4) is 5.82 Å². The van der Waals surface area contributed by atoms with Gasteiger partial charge in [0.05, 0.1) is 5.69 Å². The average molecular weight is 402 g/mol. The van der Waals surface area contributed by atoms with Crippen LogP contribution in [0.15, 0.2) is 49.1 Å². The lowest BCUT2D eigenvalue weighted by atomic mass is 10.2. The summed E-state index contributed by atoms with van der Waals surface area (Å²) in [5.74, 6) is -2.88. The molecule has 0 aliphatic carbocycles. The van der Waals surface area contributed by atoms with Crippen LogP contribution < -0.4 is 10.2 Å². The van der Waals surface area contributed by atoms with E-state index >= 15 is 0 Å². The lowest BCUT2D eigenvalue weighted by Gasteiger charge is -2.35. The molecule has 3 aromatic rings. The third-order valence-corrected chi connectivity index (χ3v) is 4.67. The van der Waals surface area contributed by atoms with Gasteiger partial charge in [-0.2, -0.15) is 0 Å². The number of aromatic nitrogens is 3. The average Bonchev–Trinajstić information content (AvgIpc) is 3.29. The number of anilines is 2. The number of hydrogen-bond acceptors (Lipinski definition) is 4. The minimum atomic E-state index is -1.62. The molecule has 1 aliphatic heterocycles. The van der Waals surface area contributed by atoms with Crippen molar-refractivity contribution < 1.29 is 18.0 Å². The molecule has 0 spiro atoms. The van der Waals surface area contributed by atoms with Crippen LogP contribution in [0.3, 0.4) is 0 Å². The first-order chi connectivity index (χ1) is 14.0. The molecule has 1 aromatic carbocycles. The Balaban J connectivity index is 1.39. The Morgan fingerprint density at radius 3 is 2.34 bits per heavy atom. The van der Waals surface area contributed by atoms with Crippen molar-refractivity contribution >= 4 is 17.5 Å². The summed E-state index contributed by atoms with van der Waals surface area (Å²) in [7, 11) is 0. The largest absolute Gasteiger partial charge is 0.353 e. The Kier molecular flexibility index (Phi) is 5.07. The standard InChI is InChI=1S/C19H17F3N6O/c20-13-3-4-14(18(22)17(13)21)25-19(29)28-9-7-27(8-10-28)16-11-15(23-12-24-16)26-5-1-2-6-26/h1-6,11-12H,7-10H2,(H,25,29). The number of piperazine rings is 1. The number of hydrogen-bond donors (Lipinski definition) is 1. The molecule has 0 saturated carbocycles. The molecule has 0 bridgehead atoms. The number of carbonyl (C=O) groups excluding carboxylic acids is 1. The summed E-state index contributed by atoms with van der Waals surface area (Å²) >= 11 is 0. The molecular formula is C19H17F3N6O. The number of rotatable bonds is 3. The van der Waals surface area contributed by atoms with E-state index < -0.39 is 29.2 Å². The van der Waals surface area contributed by atoms with Crippen LogP contribution >= 0.6 is 0 Å². The van der Waals surface area contributed by atoms with Crippen LogP contribution in [-0.4, -0.2) is 51.6 Å². The minimum absolute atomic E-state index is 0.361. The Hall–Kier alpha value is -3.56. The number of nitrogens with zero attached hydrogens (tertiary/aromatic N) is 5. The predicted molar refractivity (Wildman–Crippen MR) is 100 cm³/mol. The highest BCUT2D eigenvalue weighted by molar-refractivity contribution is 5.89. The van der Waals surface area contributed by atoms with E-state index in [1.807, 2.05) is 40.1 Å². The van der Waals surface area contributed by atoms with E-state index in [2.05, 4.69) is 15.3 Å². The molecule has 3 heterocycles. The summed E-state index contributed by atoms with van der Waals surface area (Å²) in [5.41, 5.74) is -0.400. The molecule has 1 N–H and O–H groups in total. The fourth-order valence-corrected chi connectivity index (χ4v) is 3.09. The third kappa shape index (κ3) is 3.86. The molecule has 2 aromatic heterocycles. The van der Waals surface area contributed by atoms with Gasteiger partial charge in [-0.3, -0.25) is 0 Å². The molecule has 29 heavy (non-hydrogen) atoms. The van der Waals surface area contributed by atoms with Gasteiger partial charge >= 0.3 is 6.03 Å². The van der Waals surface area contributed by atoms with Crippen molar-refractivity contribution in [3.05, 3.63) is 66.5 Å². The molecule has 10 heteroatoms. The Labute approximate surface area is 164 Å². The van der Waals surface area contributed by atoms with E-state index in [0.29, 0.717) is 26.2 Å². The number of amides is 2. The molecule has 0 radical (unpaired) electrons. The van der Waals surface area contributed by atoms with Gasteiger partial charge in [0.2, 0.25) is 0 Å². The van der Waals surface area contributed by atoms with E-state index in [-0.39, 0.29) is 0 Å². The summed E-state index contributed by atoms with van der Waals surface area (Å²) in [6.45, 7) is 1.74. The van der Waals surface area contributed by atoms with Gasteiger partial charge in [0.15, 0.2) is 17.5 Å². The van der Waals surface area contributed by atoms with Gasteiger partial charge in [0, 0.05) is 44.6 Å². The van der Waals surface area contributed by atoms with Gasteiger partial charge < -0.3 is 19.7 Å². The smallest absolute Gasteiger partial charge is 0.322 e. The van der Waals surface area contributed by atoms with E-state index in [1.54, 1.807) is 0 Å². The van der Waals surface area contributed by atoms with Gasteiger partial charge in [-0.15, -0.1) is 0 Å². The molecule has 4 rings (SSSR count). The third-order valence-electron chi connectivity index (χ3n) is 4.67. The number of benzene rings is 1. The Morgan fingerprint density at radius 1 is 0.931 bits per heavy atom. The molecule has 150 valence electrons. The number of urea groups is 1. The molecule has 1 aliphatic rings. The summed E-state index contributed by atoms with van der Waals surface area (Å²) in [6, 6.07) is 6.83. The SMILES string of the molecule is O=C(Nc1ccc(F)c(F)c1F)N1CCN(c2cc(-n3cccc3)ncn2)CC1. The Morgan fingerprint density at radius 2 is 1.62 bits per heavy atom. The fourth-order valence-electron chi connectivity index (χ4n) is 3.09. The van der Waals surface area contributed by atoms with Crippen LogP contribution in [0.2, 0.25) is 0 Å². The minimum Gasteiger partial charge on any atom is -0.353 e. The van der Waals surface area contributed by atoms with Gasteiger partial charge in [-0.1, -0.05) is 0 Å². The van der Waals surface area contributed by atoms with Crippen LogP contribution in [0.4, 0.5) is 29.5 Å². The second kappa shape index (κ2) is 7.82. The van der Waals surface area contributed by atoms with E-state index in [4.69, 9.17) is 0 Å². The van der Waals surface area contributed by atoms with Gasteiger partial charge in [0.25, 0.3) is 0 Å². The van der Waals surface area contributed by atoms with Crippen molar-refractivity contribution in [3.63, 3.8) is 0 Å². The van der Waals surface area contributed by atoms with Crippen LogP contribution in [0.25, 0.3) is 5.82 Å². The number of carbonyl (C=O) groups is 1. The highest BCUT2D eigenvalue weighted by Gasteiger charge is 2.24. The molecule has 1 saturated heterocycles. The zero-order chi connectivity index (χ0) is 20.4. The molecule has 0 atom stereocenters. The first-order valence-corrected chi connectivity index (χ1v) is 8.92. The van der Waals surface area contributed by atoms with E-state index in [0.717, 1.165) is 23.8 Å².